The lowest BCUT2D eigenvalue weighted by Crippen LogP contribution is -2.51. The molecule has 1 aromatic heterocycles. The fourth-order valence-electron chi connectivity index (χ4n) is 2.69. The number of pyridine rings is 1. The molecule has 0 saturated carbocycles. The summed E-state index contributed by atoms with van der Waals surface area (Å²) in [5, 5.41) is 13.1. The van der Waals surface area contributed by atoms with Crippen LogP contribution in [0.4, 0.5) is 0 Å². The Kier molecular flexibility index (Phi) is 7.26. The molecule has 0 aliphatic heterocycles. The zero-order valence-electron chi connectivity index (χ0n) is 14.8. The largest absolute Gasteiger partial charge is 0.481 e. The standard InChI is InChI=1S/C17H31N3O2/c1-7-20(11-14(12-21)19-17(3,4)5)13(2)15-9-8-10-18-16(15)22-6/h8-10,13-14,19,21H,7,11-12H2,1-6H3/t13-,14+/m0/s1. The van der Waals surface area contributed by atoms with E-state index in [0.717, 1.165) is 18.7 Å². The van der Waals surface area contributed by atoms with Crippen molar-refractivity contribution < 1.29 is 9.84 Å². The van der Waals surface area contributed by atoms with Crippen LogP contribution in [0, 0.1) is 0 Å². The van der Waals surface area contributed by atoms with Crippen molar-refractivity contribution in [3.63, 3.8) is 0 Å². The maximum Gasteiger partial charge on any atom is 0.217 e. The van der Waals surface area contributed by atoms with Crippen LogP contribution in [0.5, 0.6) is 5.88 Å². The van der Waals surface area contributed by atoms with E-state index in [0.29, 0.717) is 5.88 Å². The zero-order chi connectivity index (χ0) is 16.8. The number of hydrogen-bond donors (Lipinski definition) is 2. The van der Waals surface area contributed by atoms with Gasteiger partial charge in [0.1, 0.15) is 0 Å². The van der Waals surface area contributed by atoms with E-state index in [9.17, 15) is 5.11 Å². The van der Waals surface area contributed by atoms with Gasteiger partial charge < -0.3 is 15.2 Å². The molecule has 0 spiro atoms. The van der Waals surface area contributed by atoms with E-state index in [2.05, 4.69) is 49.8 Å². The number of aromatic nitrogens is 1. The number of aliphatic hydroxyl groups excluding tert-OH is 1. The third-order valence-corrected chi connectivity index (χ3v) is 3.71. The molecule has 0 fully saturated rings. The first-order valence-corrected chi connectivity index (χ1v) is 7.93. The van der Waals surface area contributed by atoms with Gasteiger partial charge in [-0.05, 0) is 40.3 Å². The number of nitrogens with one attached hydrogen (secondary N) is 1. The summed E-state index contributed by atoms with van der Waals surface area (Å²) in [6.45, 7) is 12.4. The van der Waals surface area contributed by atoms with Gasteiger partial charge in [-0.3, -0.25) is 4.90 Å². The number of rotatable bonds is 8. The maximum atomic E-state index is 9.66. The van der Waals surface area contributed by atoms with Crippen molar-refractivity contribution in [2.45, 2.75) is 52.2 Å². The minimum Gasteiger partial charge on any atom is -0.481 e. The lowest BCUT2D eigenvalue weighted by atomic mass is 10.0. The van der Waals surface area contributed by atoms with Crippen molar-refractivity contribution in [3.8, 4) is 5.88 Å². The molecular formula is C17H31N3O2. The SMILES string of the molecule is CCN(C[C@H](CO)NC(C)(C)C)[C@@H](C)c1cccnc1OC. The van der Waals surface area contributed by atoms with Crippen LogP contribution in [0.25, 0.3) is 0 Å². The van der Waals surface area contributed by atoms with Gasteiger partial charge >= 0.3 is 0 Å². The average Bonchev–Trinajstić information content (AvgIpc) is 2.49. The molecule has 0 amide bonds. The molecule has 1 aromatic rings. The Morgan fingerprint density at radius 3 is 2.59 bits per heavy atom. The lowest BCUT2D eigenvalue weighted by molar-refractivity contribution is 0.139. The topological polar surface area (TPSA) is 57.6 Å². The van der Waals surface area contributed by atoms with Crippen molar-refractivity contribution in [1.29, 1.82) is 0 Å². The molecule has 0 aliphatic rings. The normalized spacial score (nSPS) is 14.9. The monoisotopic (exact) mass is 309 g/mol. The molecule has 1 rings (SSSR count). The fraction of sp³-hybridized carbons (Fsp3) is 0.706. The molecule has 0 aliphatic carbocycles. The van der Waals surface area contributed by atoms with Crippen molar-refractivity contribution in [3.05, 3.63) is 23.9 Å². The average molecular weight is 309 g/mol. The summed E-state index contributed by atoms with van der Waals surface area (Å²) in [6.07, 6.45) is 1.74. The first-order valence-electron chi connectivity index (χ1n) is 7.93. The molecule has 22 heavy (non-hydrogen) atoms. The third-order valence-electron chi connectivity index (χ3n) is 3.71. The second-order valence-corrected chi connectivity index (χ2v) is 6.64. The first-order chi connectivity index (χ1) is 10.3. The van der Waals surface area contributed by atoms with Gasteiger partial charge in [0.25, 0.3) is 0 Å². The van der Waals surface area contributed by atoms with Gasteiger partial charge in [0.2, 0.25) is 5.88 Å². The molecule has 0 unspecified atom stereocenters. The Balaban J connectivity index is 2.85. The number of likely N-dealkylation sites (N-methyl/N-ethyl adjacent to an activating group) is 1. The van der Waals surface area contributed by atoms with Crippen LogP contribution < -0.4 is 10.1 Å². The van der Waals surface area contributed by atoms with Crippen molar-refractivity contribution in [2.75, 3.05) is 26.8 Å². The maximum absolute atomic E-state index is 9.66. The predicted molar refractivity (Wildman–Crippen MR) is 90.2 cm³/mol. The van der Waals surface area contributed by atoms with Crippen molar-refractivity contribution in [2.24, 2.45) is 0 Å². The van der Waals surface area contributed by atoms with Crippen LogP contribution >= 0.6 is 0 Å². The van der Waals surface area contributed by atoms with E-state index >= 15 is 0 Å². The fourth-order valence-corrected chi connectivity index (χ4v) is 2.69. The molecule has 5 nitrogen and oxygen atoms in total. The molecule has 1 heterocycles. The van der Waals surface area contributed by atoms with Gasteiger partial charge in [0.15, 0.2) is 0 Å². The summed E-state index contributed by atoms with van der Waals surface area (Å²) in [5.74, 6) is 0.665. The second-order valence-electron chi connectivity index (χ2n) is 6.64. The van der Waals surface area contributed by atoms with Crippen molar-refractivity contribution in [1.82, 2.24) is 15.2 Å². The van der Waals surface area contributed by atoms with E-state index in [1.807, 2.05) is 12.1 Å². The van der Waals surface area contributed by atoms with E-state index in [-0.39, 0.29) is 24.2 Å². The van der Waals surface area contributed by atoms with Crippen LogP contribution in [0.1, 0.15) is 46.2 Å². The Morgan fingerprint density at radius 2 is 2.09 bits per heavy atom. The molecule has 2 atom stereocenters. The Bertz CT molecular complexity index is 446. The van der Waals surface area contributed by atoms with Crippen molar-refractivity contribution >= 4 is 0 Å². The summed E-state index contributed by atoms with van der Waals surface area (Å²) < 4.78 is 5.37. The highest BCUT2D eigenvalue weighted by Crippen LogP contribution is 2.27. The zero-order valence-corrected chi connectivity index (χ0v) is 14.8. The minimum atomic E-state index is -0.0258. The van der Waals surface area contributed by atoms with Crippen LogP contribution in [0.15, 0.2) is 18.3 Å². The summed E-state index contributed by atoms with van der Waals surface area (Å²) in [5.41, 5.74) is 1.04. The molecule has 0 aromatic carbocycles. The van der Waals surface area contributed by atoms with E-state index < -0.39 is 0 Å². The number of ether oxygens (including phenoxy) is 1. The van der Waals surface area contributed by atoms with E-state index in [4.69, 9.17) is 4.74 Å². The quantitative estimate of drug-likeness (QED) is 0.771. The Morgan fingerprint density at radius 1 is 1.41 bits per heavy atom. The molecule has 0 saturated heterocycles. The van der Waals surface area contributed by atoms with Crippen LogP contribution in [0.3, 0.4) is 0 Å². The highest BCUT2D eigenvalue weighted by molar-refractivity contribution is 5.28. The number of hydrogen-bond acceptors (Lipinski definition) is 5. The molecule has 0 radical (unpaired) electrons. The Hall–Kier alpha value is -1.17. The van der Waals surface area contributed by atoms with Crippen LogP contribution in [0.2, 0.25) is 0 Å². The summed E-state index contributed by atoms with van der Waals surface area (Å²) in [6, 6.07) is 4.18. The minimum absolute atomic E-state index is 0.0258. The predicted octanol–water partition coefficient (Wildman–Crippen LogP) is 2.22. The van der Waals surface area contributed by atoms with Gasteiger partial charge in [-0.15, -0.1) is 0 Å². The lowest BCUT2D eigenvalue weighted by Gasteiger charge is -2.35. The van der Waals surface area contributed by atoms with Crippen LogP contribution in [-0.4, -0.2) is 53.4 Å². The summed E-state index contributed by atoms with van der Waals surface area (Å²) in [7, 11) is 1.65. The molecule has 126 valence electrons. The van der Waals surface area contributed by atoms with Crippen LogP contribution in [-0.2, 0) is 0 Å². The van der Waals surface area contributed by atoms with Gasteiger partial charge in [-0.25, -0.2) is 4.98 Å². The number of methoxy groups -OCH3 is 1. The number of nitrogens with zero attached hydrogens (tertiary/aromatic N) is 2. The molecule has 2 N–H and O–H groups in total. The highest BCUT2D eigenvalue weighted by atomic mass is 16.5. The summed E-state index contributed by atoms with van der Waals surface area (Å²) in [4.78, 5) is 6.60. The molecule has 0 bridgehead atoms. The smallest absolute Gasteiger partial charge is 0.217 e. The van der Waals surface area contributed by atoms with Gasteiger partial charge in [0.05, 0.1) is 13.7 Å². The first kappa shape index (κ1) is 18.9. The van der Waals surface area contributed by atoms with Gasteiger partial charge in [-0.1, -0.05) is 13.0 Å². The molecule has 5 heteroatoms. The number of aliphatic hydroxyl groups is 1. The highest BCUT2D eigenvalue weighted by Gasteiger charge is 2.23. The third kappa shape index (κ3) is 5.55. The second kappa shape index (κ2) is 8.46. The van der Waals surface area contributed by atoms with E-state index in [1.165, 1.54) is 0 Å². The van der Waals surface area contributed by atoms with Gasteiger partial charge in [0, 0.05) is 35.9 Å². The Labute approximate surface area is 134 Å². The van der Waals surface area contributed by atoms with Gasteiger partial charge in [-0.2, -0.15) is 0 Å². The summed E-state index contributed by atoms with van der Waals surface area (Å²) >= 11 is 0. The molecular weight excluding hydrogens is 278 g/mol. The van der Waals surface area contributed by atoms with E-state index in [1.54, 1.807) is 13.3 Å².